The summed E-state index contributed by atoms with van der Waals surface area (Å²) < 4.78 is 1.46. The van der Waals surface area contributed by atoms with Crippen LogP contribution in [-0.2, 0) is 4.79 Å². The van der Waals surface area contributed by atoms with Crippen molar-refractivity contribution < 1.29 is 19.2 Å². The third-order valence-electron chi connectivity index (χ3n) is 2.32. The minimum absolute atomic E-state index is 0.0756. The summed E-state index contributed by atoms with van der Waals surface area (Å²) in [5, 5.41) is 11.7. The minimum atomic E-state index is -0.911. The number of thiophene rings is 1. The van der Waals surface area contributed by atoms with Gasteiger partial charge in [-0.25, -0.2) is 0 Å². The number of hydrogen-bond donors (Lipinski definition) is 2. The maximum Gasteiger partial charge on any atom is 0.305 e. The molecule has 1 aromatic heterocycles. The van der Waals surface area contributed by atoms with E-state index in [1.54, 1.807) is 12.1 Å². The molecule has 0 spiro atoms. The SMILES string of the molecule is C[N+](C)(C)CC(CC(=O)O)NC(=O)c1ccc(Br)s1. The molecule has 1 aromatic rings. The van der Waals surface area contributed by atoms with Crippen molar-refractivity contribution in [3.05, 3.63) is 20.8 Å². The molecular formula is C12H18BrN2O3S+. The summed E-state index contributed by atoms with van der Waals surface area (Å²) in [6, 6.07) is 3.13. The van der Waals surface area contributed by atoms with Gasteiger partial charge in [-0.3, -0.25) is 9.59 Å². The smallest absolute Gasteiger partial charge is 0.305 e. The fourth-order valence-corrected chi connectivity index (χ4v) is 3.02. The molecule has 0 bridgehead atoms. The number of likely N-dealkylation sites (N-methyl/N-ethyl adjacent to an activating group) is 1. The molecule has 1 heterocycles. The molecule has 1 unspecified atom stereocenters. The first-order valence-corrected chi connectivity index (χ1v) is 7.37. The van der Waals surface area contributed by atoms with Crippen molar-refractivity contribution in [2.45, 2.75) is 12.5 Å². The van der Waals surface area contributed by atoms with Crippen LogP contribution in [0.3, 0.4) is 0 Å². The Morgan fingerprint density at radius 1 is 1.42 bits per heavy atom. The van der Waals surface area contributed by atoms with E-state index < -0.39 is 5.97 Å². The first-order valence-electron chi connectivity index (χ1n) is 5.76. The normalized spacial score (nSPS) is 13.1. The summed E-state index contributed by atoms with van der Waals surface area (Å²) in [5.41, 5.74) is 0. The van der Waals surface area contributed by atoms with Crippen molar-refractivity contribution in [2.24, 2.45) is 0 Å². The van der Waals surface area contributed by atoms with Gasteiger partial charge in [0, 0.05) is 0 Å². The number of aliphatic carboxylic acids is 1. The maximum atomic E-state index is 12.0. The van der Waals surface area contributed by atoms with Crippen molar-refractivity contribution in [3.8, 4) is 0 Å². The predicted octanol–water partition coefficient (Wildman–Crippen LogP) is 1.79. The number of carbonyl (C=O) groups is 2. The zero-order valence-corrected chi connectivity index (χ0v) is 13.5. The average Bonchev–Trinajstić information content (AvgIpc) is 2.60. The molecule has 0 aromatic carbocycles. The number of carboxylic acids is 1. The summed E-state index contributed by atoms with van der Waals surface area (Å²) >= 11 is 4.62. The van der Waals surface area contributed by atoms with Crippen molar-refractivity contribution in [2.75, 3.05) is 27.7 Å². The highest BCUT2D eigenvalue weighted by Gasteiger charge is 2.23. The van der Waals surface area contributed by atoms with Gasteiger partial charge in [-0.05, 0) is 28.1 Å². The molecule has 0 fully saturated rings. The number of carboxylic acid groups (broad SMARTS) is 1. The van der Waals surface area contributed by atoms with Crippen LogP contribution < -0.4 is 5.32 Å². The van der Waals surface area contributed by atoms with Gasteiger partial charge in [-0.2, -0.15) is 0 Å². The second-order valence-electron chi connectivity index (χ2n) is 5.34. The summed E-state index contributed by atoms with van der Waals surface area (Å²) in [6.45, 7) is 0.560. The lowest BCUT2D eigenvalue weighted by molar-refractivity contribution is -0.871. The monoisotopic (exact) mass is 349 g/mol. The largest absolute Gasteiger partial charge is 0.481 e. The second kappa shape index (κ2) is 6.49. The lowest BCUT2D eigenvalue weighted by Gasteiger charge is -2.29. The van der Waals surface area contributed by atoms with Crippen molar-refractivity contribution in [3.63, 3.8) is 0 Å². The van der Waals surface area contributed by atoms with Crippen molar-refractivity contribution >= 4 is 39.1 Å². The Bertz CT molecular complexity index is 468. The van der Waals surface area contributed by atoms with Gasteiger partial charge < -0.3 is 14.9 Å². The Balaban J connectivity index is 2.71. The fraction of sp³-hybridized carbons (Fsp3) is 0.500. The number of rotatable bonds is 6. The van der Waals surface area contributed by atoms with E-state index in [0.717, 1.165) is 3.79 Å². The highest BCUT2D eigenvalue weighted by Crippen LogP contribution is 2.22. The van der Waals surface area contributed by atoms with Gasteiger partial charge in [-0.1, -0.05) is 0 Å². The lowest BCUT2D eigenvalue weighted by Crippen LogP contribution is -2.49. The van der Waals surface area contributed by atoms with E-state index in [4.69, 9.17) is 5.11 Å². The number of quaternary nitrogens is 1. The van der Waals surface area contributed by atoms with E-state index in [0.29, 0.717) is 15.9 Å². The van der Waals surface area contributed by atoms with Gasteiger partial charge in [0.15, 0.2) is 0 Å². The highest BCUT2D eigenvalue weighted by atomic mass is 79.9. The van der Waals surface area contributed by atoms with Crippen LogP contribution in [-0.4, -0.2) is 55.2 Å². The third kappa shape index (κ3) is 6.17. The lowest BCUT2D eigenvalue weighted by atomic mass is 10.2. The van der Waals surface area contributed by atoms with E-state index in [9.17, 15) is 9.59 Å². The maximum absolute atomic E-state index is 12.0. The molecule has 1 atom stereocenters. The van der Waals surface area contributed by atoms with Crippen molar-refractivity contribution in [1.82, 2.24) is 5.32 Å². The molecule has 19 heavy (non-hydrogen) atoms. The number of nitrogens with zero attached hydrogens (tertiary/aromatic N) is 1. The summed E-state index contributed by atoms with van der Waals surface area (Å²) in [5.74, 6) is -1.14. The zero-order valence-electron chi connectivity index (χ0n) is 11.1. The molecule has 1 rings (SSSR count). The number of halogens is 1. The molecule has 0 saturated heterocycles. The summed E-state index contributed by atoms with van der Waals surface area (Å²) in [4.78, 5) is 23.4. The average molecular weight is 350 g/mol. The summed E-state index contributed by atoms with van der Waals surface area (Å²) in [6.07, 6.45) is -0.0756. The van der Waals surface area contributed by atoms with Crippen LogP contribution in [0, 0.1) is 0 Å². The van der Waals surface area contributed by atoms with Crippen LogP contribution in [0.4, 0.5) is 0 Å². The Morgan fingerprint density at radius 2 is 2.05 bits per heavy atom. The molecule has 1 amide bonds. The fourth-order valence-electron chi connectivity index (χ4n) is 1.73. The van der Waals surface area contributed by atoms with E-state index in [2.05, 4.69) is 21.2 Å². The molecule has 0 saturated carbocycles. The molecule has 0 radical (unpaired) electrons. The predicted molar refractivity (Wildman–Crippen MR) is 78.4 cm³/mol. The van der Waals surface area contributed by atoms with Crippen LogP contribution in [0.5, 0.6) is 0 Å². The van der Waals surface area contributed by atoms with E-state index in [1.807, 2.05) is 21.1 Å². The van der Waals surface area contributed by atoms with E-state index >= 15 is 0 Å². The Kier molecular flexibility index (Phi) is 5.51. The van der Waals surface area contributed by atoms with Crippen LogP contribution >= 0.6 is 27.3 Å². The zero-order chi connectivity index (χ0) is 14.6. The molecule has 106 valence electrons. The Labute approximate surface area is 124 Å². The first-order chi connectivity index (χ1) is 8.67. The second-order valence-corrected chi connectivity index (χ2v) is 7.81. The standard InChI is InChI=1S/C12H17BrN2O3S/c1-15(2,3)7-8(6-11(16)17)14-12(18)9-4-5-10(13)19-9/h4-5,8H,6-7H2,1-3H3,(H-,14,16,17,18)/p+1. The van der Waals surface area contributed by atoms with Gasteiger partial charge in [0.05, 0.1) is 48.8 Å². The van der Waals surface area contributed by atoms with Gasteiger partial charge in [0.1, 0.15) is 0 Å². The van der Waals surface area contributed by atoms with Gasteiger partial charge in [-0.15, -0.1) is 11.3 Å². The molecule has 5 nitrogen and oxygen atoms in total. The number of hydrogen-bond acceptors (Lipinski definition) is 3. The minimum Gasteiger partial charge on any atom is -0.481 e. The van der Waals surface area contributed by atoms with Gasteiger partial charge in [0.25, 0.3) is 5.91 Å². The van der Waals surface area contributed by atoms with Crippen LogP contribution in [0.1, 0.15) is 16.1 Å². The number of amides is 1. The number of carbonyl (C=O) groups excluding carboxylic acids is 1. The topological polar surface area (TPSA) is 66.4 Å². The number of nitrogens with one attached hydrogen (secondary N) is 1. The molecule has 0 aliphatic heterocycles. The third-order valence-corrected chi connectivity index (χ3v) is 3.94. The van der Waals surface area contributed by atoms with Crippen LogP contribution in [0.25, 0.3) is 0 Å². The van der Waals surface area contributed by atoms with Gasteiger partial charge in [0.2, 0.25) is 0 Å². The van der Waals surface area contributed by atoms with Gasteiger partial charge >= 0.3 is 5.97 Å². The first kappa shape index (κ1) is 16.1. The molecule has 0 aliphatic carbocycles. The quantitative estimate of drug-likeness (QED) is 0.769. The Hall–Kier alpha value is -0.920. The Morgan fingerprint density at radius 3 is 2.47 bits per heavy atom. The molecular weight excluding hydrogens is 332 g/mol. The van der Waals surface area contributed by atoms with E-state index in [-0.39, 0.29) is 18.4 Å². The summed E-state index contributed by atoms with van der Waals surface area (Å²) in [7, 11) is 5.88. The van der Waals surface area contributed by atoms with E-state index in [1.165, 1.54) is 11.3 Å². The van der Waals surface area contributed by atoms with Crippen LogP contribution in [0.2, 0.25) is 0 Å². The highest BCUT2D eigenvalue weighted by molar-refractivity contribution is 9.11. The van der Waals surface area contributed by atoms with Crippen molar-refractivity contribution in [1.29, 1.82) is 0 Å². The van der Waals surface area contributed by atoms with Crippen LogP contribution in [0.15, 0.2) is 15.9 Å². The molecule has 0 aliphatic rings. The molecule has 2 N–H and O–H groups in total. The molecule has 7 heteroatoms.